The number of nitrogens with zero attached hydrogens (tertiary/aromatic N) is 5. The molecule has 1 atom stereocenters. The molecule has 1 unspecified atom stereocenters. The van der Waals surface area contributed by atoms with Crippen molar-refractivity contribution in [1.29, 1.82) is 0 Å². The minimum atomic E-state index is 0.591. The average molecular weight is 359 g/mol. The fourth-order valence-electron chi connectivity index (χ4n) is 3.50. The Bertz CT molecular complexity index is 683. The fraction of sp³-hybridized carbons (Fsp3) is 0.611. The normalized spacial score (nSPS) is 22.3. The third-order valence-electron chi connectivity index (χ3n) is 5.09. The second-order valence-corrected chi connectivity index (χ2v) is 8.06. The van der Waals surface area contributed by atoms with E-state index >= 15 is 0 Å². The van der Waals surface area contributed by atoms with Crippen LogP contribution >= 0.6 is 11.8 Å². The quantitative estimate of drug-likeness (QED) is 0.831. The number of aromatic nitrogens is 3. The van der Waals surface area contributed by atoms with Crippen LogP contribution in [0.25, 0.3) is 11.4 Å². The molecule has 0 saturated carbocycles. The Balaban J connectivity index is 1.42. The predicted molar refractivity (Wildman–Crippen MR) is 101 cm³/mol. The highest BCUT2D eigenvalue weighted by Crippen LogP contribution is 2.22. The Labute approximate surface area is 153 Å². The molecule has 2 aromatic rings. The number of piperidine rings is 1. The highest BCUT2D eigenvalue weighted by atomic mass is 32.2. The van der Waals surface area contributed by atoms with Crippen LogP contribution in [-0.2, 0) is 6.54 Å². The lowest BCUT2D eigenvalue weighted by atomic mass is 10.0. The van der Waals surface area contributed by atoms with Crippen molar-refractivity contribution in [1.82, 2.24) is 20.0 Å². The van der Waals surface area contributed by atoms with Gasteiger partial charge in [-0.25, -0.2) is 4.98 Å². The van der Waals surface area contributed by atoms with Crippen molar-refractivity contribution in [3.05, 3.63) is 24.2 Å². The SMILES string of the molecule is CC1CCCCN1Cc1nc(-c2ccc(N3CCSCC3)nc2)no1. The standard InChI is InChI=1S/C18H25N5OS/c1-14-4-2-3-7-23(14)13-17-20-18(21-24-17)15-5-6-16(19-12-15)22-8-10-25-11-9-22/h5-6,12,14H,2-4,7-11,13H2,1H3. The van der Waals surface area contributed by atoms with E-state index in [0.29, 0.717) is 17.8 Å². The molecule has 0 N–H and O–H groups in total. The maximum absolute atomic E-state index is 5.47. The van der Waals surface area contributed by atoms with Gasteiger partial charge >= 0.3 is 0 Å². The van der Waals surface area contributed by atoms with E-state index in [1.165, 1.54) is 30.8 Å². The smallest absolute Gasteiger partial charge is 0.241 e. The Hall–Kier alpha value is -1.60. The van der Waals surface area contributed by atoms with E-state index in [9.17, 15) is 0 Å². The molecule has 0 spiro atoms. The highest BCUT2D eigenvalue weighted by molar-refractivity contribution is 7.99. The summed E-state index contributed by atoms with van der Waals surface area (Å²) in [6.07, 6.45) is 5.68. The van der Waals surface area contributed by atoms with Gasteiger partial charge in [0, 0.05) is 42.4 Å². The molecule has 7 heteroatoms. The first-order valence-corrected chi connectivity index (χ1v) is 10.3. The molecule has 0 amide bonds. The second kappa shape index (κ2) is 7.74. The summed E-state index contributed by atoms with van der Waals surface area (Å²) in [5.41, 5.74) is 0.914. The van der Waals surface area contributed by atoms with Crippen LogP contribution in [0.15, 0.2) is 22.9 Å². The van der Waals surface area contributed by atoms with Gasteiger partial charge in [-0.15, -0.1) is 0 Å². The van der Waals surface area contributed by atoms with Gasteiger partial charge in [0.05, 0.1) is 6.54 Å². The topological polar surface area (TPSA) is 58.3 Å². The molecule has 0 bridgehead atoms. The molecule has 25 heavy (non-hydrogen) atoms. The van der Waals surface area contributed by atoms with Crippen LogP contribution in [0.4, 0.5) is 5.82 Å². The van der Waals surface area contributed by atoms with Crippen LogP contribution in [0.3, 0.4) is 0 Å². The van der Waals surface area contributed by atoms with Crippen LogP contribution in [0.1, 0.15) is 32.1 Å². The maximum Gasteiger partial charge on any atom is 0.241 e. The number of pyridine rings is 1. The Morgan fingerprint density at radius 3 is 2.84 bits per heavy atom. The van der Waals surface area contributed by atoms with Gasteiger partial charge in [0.15, 0.2) is 0 Å². The molecule has 2 aliphatic rings. The third kappa shape index (κ3) is 3.98. The van der Waals surface area contributed by atoms with Gasteiger partial charge in [-0.2, -0.15) is 16.7 Å². The lowest BCUT2D eigenvalue weighted by Gasteiger charge is -2.31. The molecule has 2 aromatic heterocycles. The van der Waals surface area contributed by atoms with E-state index in [1.807, 2.05) is 24.0 Å². The Morgan fingerprint density at radius 1 is 1.20 bits per heavy atom. The van der Waals surface area contributed by atoms with E-state index in [1.54, 1.807) is 0 Å². The van der Waals surface area contributed by atoms with Gasteiger partial charge in [0.25, 0.3) is 0 Å². The summed E-state index contributed by atoms with van der Waals surface area (Å²) in [5.74, 6) is 4.71. The van der Waals surface area contributed by atoms with E-state index < -0.39 is 0 Å². The van der Waals surface area contributed by atoms with Crippen LogP contribution in [0, 0.1) is 0 Å². The zero-order valence-corrected chi connectivity index (χ0v) is 15.5. The summed E-state index contributed by atoms with van der Waals surface area (Å²) in [6.45, 7) is 6.27. The molecular weight excluding hydrogens is 334 g/mol. The number of thioether (sulfide) groups is 1. The predicted octanol–water partition coefficient (Wildman–Crippen LogP) is 3.06. The number of likely N-dealkylation sites (tertiary alicyclic amines) is 1. The van der Waals surface area contributed by atoms with Crippen LogP contribution in [0.5, 0.6) is 0 Å². The minimum Gasteiger partial charge on any atom is -0.355 e. The molecule has 2 aliphatic heterocycles. The van der Waals surface area contributed by atoms with E-state index in [4.69, 9.17) is 4.52 Å². The lowest BCUT2D eigenvalue weighted by molar-refractivity contribution is 0.135. The van der Waals surface area contributed by atoms with Gasteiger partial charge < -0.3 is 9.42 Å². The van der Waals surface area contributed by atoms with Crippen molar-refractivity contribution in [3.8, 4) is 11.4 Å². The number of anilines is 1. The number of rotatable bonds is 4. The summed E-state index contributed by atoms with van der Waals surface area (Å²) in [4.78, 5) is 13.9. The van der Waals surface area contributed by atoms with Crippen LogP contribution < -0.4 is 4.90 Å². The molecule has 2 saturated heterocycles. The summed E-state index contributed by atoms with van der Waals surface area (Å²) in [5, 5.41) is 4.15. The number of hydrogen-bond donors (Lipinski definition) is 0. The van der Waals surface area contributed by atoms with Crippen LogP contribution in [0.2, 0.25) is 0 Å². The summed E-state index contributed by atoms with van der Waals surface area (Å²) >= 11 is 2.00. The molecule has 6 nitrogen and oxygen atoms in total. The zero-order valence-electron chi connectivity index (χ0n) is 14.7. The summed E-state index contributed by atoms with van der Waals surface area (Å²) in [6, 6.07) is 4.70. The van der Waals surface area contributed by atoms with E-state index in [0.717, 1.165) is 37.6 Å². The van der Waals surface area contributed by atoms with Crippen molar-refractivity contribution < 1.29 is 4.52 Å². The first-order chi connectivity index (χ1) is 12.3. The van der Waals surface area contributed by atoms with Gasteiger partial charge in [-0.3, -0.25) is 4.90 Å². The van der Waals surface area contributed by atoms with Gasteiger partial charge in [0.1, 0.15) is 5.82 Å². The first-order valence-electron chi connectivity index (χ1n) is 9.15. The molecule has 2 fully saturated rings. The molecular formula is C18H25N5OS. The maximum atomic E-state index is 5.47. The van der Waals surface area contributed by atoms with Gasteiger partial charge in [0.2, 0.25) is 11.7 Å². The Morgan fingerprint density at radius 2 is 2.08 bits per heavy atom. The molecule has 0 radical (unpaired) electrons. The van der Waals surface area contributed by atoms with Crippen molar-refractivity contribution in [2.75, 3.05) is 36.0 Å². The van der Waals surface area contributed by atoms with E-state index in [-0.39, 0.29) is 0 Å². The van der Waals surface area contributed by atoms with Crippen molar-refractivity contribution in [3.63, 3.8) is 0 Å². The highest BCUT2D eigenvalue weighted by Gasteiger charge is 2.21. The molecule has 4 rings (SSSR count). The lowest BCUT2D eigenvalue weighted by Crippen LogP contribution is -2.36. The molecule has 0 aliphatic carbocycles. The van der Waals surface area contributed by atoms with Crippen molar-refractivity contribution in [2.45, 2.75) is 38.8 Å². The summed E-state index contributed by atoms with van der Waals surface area (Å²) in [7, 11) is 0. The number of hydrogen-bond acceptors (Lipinski definition) is 7. The fourth-order valence-corrected chi connectivity index (χ4v) is 4.40. The average Bonchev–Trinajstić information content (AvgIpc) is 3.13. The van der Waals surface area contributed by atoms with Crippen LogP contribution in [-0.4, -0.2) is 57.2 Å². The van der Waals surface area contributed by atoms with Gasteiger partial charge in [-0.05, 0) is 38.4 Å². The second-order valence-electron chi connectivity index (χ2n) is 6.83. The monoisotopic (exact) mass is 359 g/mol. The minimum absolute atomic E-state index is 0.591. The summed E-state index contributed by atoms with van der Waals surface area (Å²) < 4.78 is 5.47. The molecule has 4 heterocycles. The largest absolute Gasteiger partial charge is 0.355 e. The zero-order chi connectivity index (χ0) is 17.1. The molecule has 0 aromatic carbocycles. The van der Waals surface area contributed by atoms with Crippen molar-refractivity contribution in [2.24, 2.45) is 0 Å². The van der Waals surface area contributed by atoms with Crippen molar-refractivity contribution >= 4 is 17.6 Å². The van der Waals surface area contributed by atoms with Gasteiger partial charge in [-0.1, -0.05) is 11.6 Å². The molecule has 134 valence electrons. The first kappa shape index (κ1) is 16.8. The Kier molecular flexibility index (Phi) is 5.22. The van der Waals surface area contributed by atoms with E-state index in [2.05, 4.69) is 37.9 Å². The third-order valence-corrected chi connectivity index (χ3v) is 6.03.